The molecule has 1 unspecified atom stereocenters. The molecular weight excluding hydrogens is 266 g/mol. The number of sulfonamides is 1. The SMILES string of the molecule is CCc1ncc(S(=O)(=O)NC(C)Cc2ccco2)[nH]1. The molecule has 0 aliphatic carbocycles. The number of hydrogen-bond acceptors (Lipinski definition) is 4. The molecule has 0 radical (unpaired) electrons. The predicted octanol–water partition coefficient (Wildman–Crippen LogP) is 1.47. The van der Waals surface area contributed by atoms with Gasteiger partial charge in [0.15, 0.2) is 5.03 Å². The van der Waals surface area contributed by atoms with E-state index in [1.807, 2.05) is 13.0 Å². The summed E-state index contributed by atoms with van der Waals surface area (Å²) in [7, 11) is -3.56. The standard InChI is InChI=1S/C12H17N3O3S/c1-3-11-13-8-12(14-11)19(16,17)15-9(2)7-10-5-4-6-18-10/h4-6,8-9,15H,3,7H2,1-2H3,(H,13,14). The second-order valence-electron chi connectivity index (χ2n) is 4.35. The van der Waals surface area contributed by atoms with Crippen LogP contribution in [0.2, 0.25) is 0 Å². The molecule has 0 bridgehead atoms. The van der Waals surface area contributed by atoms with Crippen LogP contribution in [0.1, 0.15) is 25.4 Å². The first-order valence-corrected chi connectivity index (χ1v) is 7.58. The lowest BCUT2D eigenvalue weighted by Crippen LogP contribution is -2.34. The summed E-state index contributed by atoms with van der Waals surface area (Å²) in [6.45, 7) is 3.69. The van der Waals surface area contributed by atoms with Crippen LogP contribution >= 0.6 is 0 Å². The van der Waals surface area contributed by atoms with E-state index in [1.165, 1.54) is 6.20 Å². The molecule has 6 nitrogen and oxygen atoms in total. The van der Waals surface area contributed by atoms with E-state index in [9.17, 15) is 8.42 Å². The highest BCUT2D eigenvalue weighted by Gasteiger charge is 2.20. The van der Waals surface area contributed by atoms with Crippen LogP contribution in [0.3, 0.4) is 0 Å². The summed E-state index contributed by atoms with van der Waals surface area (Å²) in [6.07, 6.45) is 4.07. The Morgan fingerprint density at radius 2 is 2.32 bits per heavy atom. The average molecular weight is 283 g/mol. The maximum Gasteiger partial charge on any atom is 0.257 e. The summed E-state index contributed by atoms with van der Waals surface area (Å²) in [5.41, 5.74) is 0. The predicted molar refractivity (Wildman–Crippen MR) is 70.2 cm³/mol. The first-order chi connectivity index (χ1) is 9.01. The second-order valence-corrected chi connectivity index (χ2v) is 6.04. The Balaban J connectivity index is 2.04. The Bertz CT molecular complexity index is 616. The molecule has 2 N–H and O–H groups in total. The zero-order chi connectivity index (χ0) is 13.9. The minimum atomic E-state index is -3.56. The summed E-state index contributed by atoms with van der Waals surface area (Å²) < 4.78 is 32.0. The minimum Gasteiger partial charge on any atom is -0.469 e. The zero-order valence-electron chi connectivity index (χ0n) is 10.9. The smallest absolute Gasteiger partial charge is 0.257 e. The Kier molecular flexibility index (Phi) is 4.06. The zero-order valence-corrected chi connectivity index (χ0v) is 11.7. The minimum absolute atomic E-state index is 0.0932. The fraction of sp³-hybridized carbons (Fsp3) is 0.417. The van der Waals surface area contributed by atoms with Crippen molar-refractivity contribution in [3.05, 3.63) is 36.2 Å². The van der Waals surface area contributed by atoms with Crippen LogP contribution in [-0.4, -0.2) is 24.4 Å². The number of aromatic amines is 1. The molecule has 0 aliphatic heterocycles. The first-order valence-electron chi connectivity index (χ1n) is 6.10. The highest BCUT2D eigenvalue weighted by molar-refractivity contribution is 7.89. The lowest BCUT2D eigenvalue weighted by molar-refractivity contribution is 0.478. The van der Waals surface area contributed by atoms with Crippen LogP contribution in [-0.2, 0) is 22.9 Å². The summed E-state index contributed by atoms with van der Waals surface area (Å²) in [6, 6.07) is 3.33. The highest BCUT2D eigenvalue weighted by Crippen LogP contribution is 2.09. The van der Waals surface area contributed by atoms with E-state index >= 15 is 0 Å². The van der Waals surface area contributed by atoms with Crippen molar-refractivity contribution in [3.63, 3.8) is 0 Å². The molecule has 2 heterocycles. The van der Waals surface area contributed by atoms with Crippen molar-refractivity contribution in [3.8, 4) is 0 Å². The van der Waals surface area contributed by atoms with Gasteiger partial charge in [-0.15, -0.1) is 0 Å². The normalized spacial score (nSPS) is 13.6. The van der Waals surface area contributed by atoms with E-state index in [0.717, 1.165) is 5.76 Å². The van der Waals surface area contributed by atoms with Gasteiger partial charge < -0.3 is 9.40 Å². The van der Waals surface area contributed by atoms with Gasteiger partial charge in [-0.1, -0.05) is 6.92 Å². The van der Waals surface area contributed by atoms with Crippen molar-refractivity contribution in [1.82, 2.24) is 14.7 Å². The Labute approximate surface area is 112 Å². The fourth-order valence-electron chi connectivity index (χ4n) is 1.76. The van der Waals surface area contributed by atoms with E-state index in [4.69, 9.17) is 4.42 Å². The van der Waals surface area contributed by atoms with Crippen molar-refractivity contribution in [2.24, 2.45) is 0 Å². The molecule has 1 atom stereocenters. The topological polar surface area (TPSA) is 88.0 Å². The monoisotopic (exact) mass is 283 g/mol. The summed E-state index contributed by atoms with van der Waals surface area (Å²) in [4.78, 5) is 6.77. The molecule has 19 heavy (non-hydrogen) atoms. The van der Waals surface area contributed by atoms with Gasteiger partial charge in [0.05, 0.1) is 12.5 Å². The van der Waals surface area contributed by atoms with E-state index in [0.29, 0.717) is 18.7 Å². The van der Waals surface area contributed by atoms with Crippen LogP contribution in [0, 0.1) is 0 Å². The summed E-state index contributed by atoms with van der Waals surface area (Å²) in [5, 5.41) is 0.0932. The largest absolute Gasteiger partial charge is 0.469 e. The molecule has 7 heteroatoms. The van der Waals surface area contributed by atoms with Gasteiger partial charge in [-0.3, -0.25) is 0 Å². The Morgan fingerprint density at radius 3 is 2.89 bits per heavy atom. The molecule has 2 aromatic rings. The maximum absolute atomic E-state index is 12.1. The number of hydrogen-bond donors (Lipinski definition) is 2. The molecule has 2 aromatic heterocycles. The third-order valence-electron chi connectivity index (χ3n) is 2.67. The van der Waals surface area contributed by atoms with Crippen LogP contribution in [0.15, 0.2) is 34.0 Å². The summed E-state index contributed by atoms with van der Waals surface area (Å²) in [5.74, 6) is 1.40. The number of furan rings is 1. The lowest BCUT2D eigenvalue weighted by Gasteiger charge is -2.11. The van der Waals surface area contributed by atoms with E-state index < -0.39 is 10.0 Å². The number of H-pyrrole nitrogens is 1. The van der Waals surface area contributed by atoms with Crippen molar-refractivity contribution < 1.29 is 12.8 Å². The van der Waals surface area contributed by atoms with Crippen molar-refractivity contribution in [2.45, 2.75) is 37.8 Å². The third-order valence-corrected chi connectivity index (χ3v) is 4.17. The average Bonchev–Trinajstić information content (AvgIpc) is 2.97. The molecule has 0 fully saturated rings. The van der Waals surface area contributed by atoms with Crippen molar-refractivity contribution in [2.75, 3.05) is 0 Å². The number of aryl methyl sites for hydroxylation is 1. The number of aromatic nitrogens is 2. The lowest BCUT2D eigenvalue weighted by atomic mass is 10.2. The van der Waals surface area contributed by atoms with E-state index in [1.54, 1.807) is 19.3 Å². The van der Waals surface area contributed by atoms with Gasteiger partial charge in [0.2, 0.25) is 0 Å². The van der Waals surface area contributed by atoms with Gasteiger partial charge in [-0.2, -0.15) is 0 Å². The molecule has 2 rings (SSSR count). The van der Waals surface area contributed by atoms with Gasteiger partial charge in [0, 0.05) is 18.9 Å². The van der Waals surface area contributed by atoms with Crippen molar-refractivity contribution in [1.29, 1.82) is 0 Å². The summed E-state index contributed by atoms with van der Waals surface area (Å²) >= 11 is 0. The van der Waals surface area contributed by atoms with E-state index in [-0.39, 0.29) is 11.1 Å². The van der Waals surface area contributed by atoms with Gasteiger partial charge in [-0.25, -0.2) is 18.1 Å². The number of nitrogens with one attached hydrogen (secondary N) is 2. The van der Waals surface area contributed by atoms with Gasteiger partial charge in [0.1, 0.15) is 11.6 Å². The Morgan fingerprint density at radius 1 is 1.53 bits per heavy atom. The van der Waals surface area contributed by atoms with Crippen LogP contribution < -0.4 is 4.72 Å². The van der Waals surface area contributed by atoms with Gasteiger partial charge in [0.25, 0.3) is 10.0 Å². The van der Waals surface area contributed by atoms with Gasteiger partial charge >= 0.3 is 0 Å². The van der Waals surface area contributed by atoms with Crippen LogP contribution in [0.4, 0.5) is 0 Å². The molecular formula is C12H17N3O3S. The number of imidazole rings is 1. The number of rotatable bonds is 6. The highest BCUT2D eigenvalue weighted by atomic mass is 32.2. The quantitative estimate of drug-likeness (QED) is 0.840. The molecule has 0 spiro atoms. The Hall–Kier alpha value is -1.60. The fourth-order valence-corrected chi connectivity index (χ4v) is 2.94. The van der Waals surface area contributed by atoms with Crippen LogP contribution in [0.25, 0.3) is 0 Å². The third kappa shape index (κ3) is 3.45. The molecule has 0 aliphatic rings. The molecule has 0 saturated heterocycles. The second kappa shape index (κ2) is 5.58. The first kappa shape index (κ1) is 13.8. The maximum atomic E-state index is 12.1. The molecule has 104 valence electrons. The van der Waals surface area contributed by atoms with E-state index in [2.05, 4.69) is 14.7 Å². The molecule has 0 amide bonds. The van der Waals surface area contributed by atoms with Crippen molar-refractivity contribution >= 4 is 10.0 Å². The molecule has 0 aromatic carbocycles. The number of nitrogens with zero attached hydrogens (tertiary/aromatic N) is 1. The molecule has 0 saturated carbocycles. The van der Waals surface area contributed by atoms with Crippen LogP contribution in [0.5, 0.6) is 0 Å². The van der Waals surface area contributed by atoms with Gasteiger partial charge in [-0.05, 0) is 19.1 Å².